The van der Waals surface area contributed by atoms with Crippen molar-refractivity contribution in [3.63, 3.8) is 0 Å². The number of benzene rings is 2. The number of ether oxygens (including phenoxy) is 1. The van der Waals surface area contributed by atoms with Crippen molar-refractivity contribution >= 4 is 11.6 Å². The van der Waals surface area contributed by atoms with Gasteiger partial charge >= 0.3 is 0 Å². The molecule has 2 aliphatic rings. The average molecular weight is 389 g/mol. The van der Waals surface area contributed by atoms with E-state index in [0.717, 1.165) is 11.6 Å². The first kappa shape index (κ1) is 18.2. The van der Waals surface area contributed by atoms with Crippen molar-refractivity contribution in [1.82, 2.24) is 5.32 Å². The normalized spacial score (nSPS) is 26.4. The van der Waals surface area contributed by atoms with Crippen LogP contribution in [-0.2, 0) is 11.8 Å². The van der Waals surface area contributed by atoms with Crippen molar-refractivity contribution in [3.8, 4) is 11.8 Å². The second-order valence-corrected chi connectivity index (χ2v) is 7.76. The number of halogens is 3. The first-order valence-electron chi connectivity index (χ1n) is 9.02. The summed E-state index contributed by atoms with van der Waals surface area (Å²) in [5, 5.41) is 13.1. The molecule has 4 rings (SSSR count). The summed E-state index contributed by atoms with van der Waals surface area (Å²) in [5.74, 6) is -0.981. The summed E-state index contributed by atoms with van der Waals surface area (Å²) >= 11 is 6.00. The van der Waals surface area contributed by atoms with E-state index in [9.17, 15) is 8.78 Å². The van der Waals surface area contributed by atoms with Crippen LogP contribution in [0.1, 0.15) is 30.4 Å². The van der Waals surface area contributed by atoms with Gasteiger partial charge < -0.3 is 10.1 Å². The number of rotatable bonds is 3. The highest BCUT2D eigenvalue weighted by molar-refractivity contribution is 6.30. The van der Waals surface area contributed by atoms with Crippen molar-refractivity contribution in [2.75, 3.05) is 6.61 Å². The highest BCUT2D eigenvalue weighted by Gasteiger charge is 2.51. The van der Waals surface area contributed by atoms with Crippen LogP contribution in [0.2, 0.25) is 5.02 Å². The van der Waals surface area contributed by atoms with Gasteiger partial charge in [0.05, 0.1) is 18.5 Å². The molecule has 0 unspecified atom stereocenters. The van der Waals surface area contributed by atoms with Crippen LogP contribution in [0.3, 0.4) is 0 Å². The molecule has 1 saturated heterocycles. The van der Waals surface area contributed by atoms with Gasteiger partial charge in [-0.1, -0.05) is 23.7 Å². The topological polar surface area (TPSA) is 45.0 Å². The molecule has 1 N–H and O–H groups in total. The molecule has 0 amide bonds. The number of hydrogen-bond donors (Lipinski definition) is 1. The van der Waals surface area contributed by atoms with Gasteiger partial charge in [-0.15, -0.1) is 0 Å². The molecular formula is C21H19ClF2N2O. The molecule has 6 heteroatoms. The second-order valence-electron chi connectivity index (χ2n) is 7.32. The number of piperidine rings is 1. The molecule has 0 aromatic heterocycles. The van der Waals surface area contributed by atoms with Crippen LogP contribution >= 0.6 is 11.6 Å². The number of nitriles is 1. The SMILES string of the molecule is N#CC[C@@H]1CC[C@@]2(Cc3ccc(Cl)cc3)c3c(F)ccc(F)c3OC[C@H]2N1. The van der Waals surface area contributed by atoms with Crippen LogP contribution < -0.4 is 10.1 Å². The van der Waals surface area contributed by atoms with Crippen molar-refractivity contribution in [2.45, 2.75) is 43.2 Å². The summed E-state index contributed by atoms with van der Waals surface area (Å²) in [6, 6.07) is 11.7. The standard InChI is InChI=1S/C21H19ClF2N2O/c22-14-3-1-13(2-4-14)11-21-9-7-15(8-10-25)26-18(21)12-27-20-17(24)6-5-16(23)19(20)21/h1-6,15,18,26H,7-9,11-12H2/t15-,18+,21-/m0/s1. The van der Waals surface area contributed by atoms with E-state index in [0.29, 0.717) is 36.3 Å². The van der Waals surface area contributed by atoms with Gasteiger partial charge in [-0.2, -0.15) is 5.26 Å². The van der Waals surface area contributed by atoms with Crippen molar-refractivity contribution in [1.29, 1.82) is 5.26 Å². The van der Waals surface area contributed by atoms with Crippen LogP contribution in [0.4, 0.5) is 8.78 Å². The molecule has 1 fully saturated rings. The van der Waals surface area contributed by atoms with E-state index < -0.39 is 17.0 Å². The number of nitrogens with zero attached hydrogens (tertiary/aromatic N) is 1. The number of fused-ring (bicyclic) bond motifs is 3. The highest BCUT2D eigenvalue weighted by Crippen LogP contribution is 2.49. The van der Waals surface area contributed by atoms with Crippen LogP contribution in [0.15, 0.2) is 36.4 Å². The average Bonchev–Trinajstić information content (AvgIpc) is 2.66. The third-order valence-electron chi connectivity index (χ3n) is 5.76. The Morgan fingerprint density at radius 3 is 2.67 bits per heavy atom. The molecule has 140 valence electrons. The first-order valence-corrected chi connectivity index (χ1v) is 9.40. The van der Waals surface area contributed by atoms with Gasteiger partial charge in [0.15, 0.2) is 11.6 Å². The van der Waals surface area contributed by atoms with Crippen LogP contribution in [0.5, 0.6) is 5.75 Å². The summed E-state index contributed by atoms with van der Waals surface area (Å²) in [7, 11) is 0. The third-order valence-corrected chi connectivity index (χ3v) is 6.02. The number of hydrogen-bond acceptors (Lipinski definition) is 3. The Labute approximate surface area is 161 Å². The minimum atomic E-state index is -0.639. The Bertz CT molecular complexity index is 896. The Hall–Kier alpha value is -2.16. The van der Waals surface area contributed by atoms with E-state index in [-0.39, 0.29) is 24.4 Å². The second kappa shape index (κ2) is 7.10. The molecule has 0 spiro atoms. The van der Waals surface area contributed by atoms with Gasteiger partial charge in [0.1, 0.15) is 12.4 Å². The minimum Gasteiger partial charge on any atom is -0.488 e. The highest BCUT2D eigenvalue weighted by atomic mass is 35.5. The van der Waals surface area contributed by atoms with Gasteiger partial charge in [-0.25, -0.2) is 8.78 Å². The predicted molar refractivity (Wildman–Crippen MR) is 98.9 cm³/mol. The van der Waals surface area contributed by atoms with E-state index in [4.69, 9.17) is 21.6 Å². The minimum absolute atomic E-state index is 0.0146. The lowest BCUT2D eigenvalue weighted by Gasteiger charge is -2.50. The van der Waals surface area contributed by atoms with E-state index in [1.807, 2.05) is 12.1 Å². The van der Waals surface area contributed by atoms with Gasteiger partial charge in [-0.05, 0) is 49.1 Å². The van der Waals surface area contributed by atoms with E-state index in [2.05, 4.69) is 11.4 Å². The summed E-state index contributed by atoms with van der Waals surface area (Å²) in [4.78, 5) is 0. The maximum absolute atomic E-state index is 14.9. The summed E-state index contributed by atoms with van der Waals surface area (Å²) in [6.07, 6.45) is 2.28. The first-order chi connectivity index (χ1) is 13.0. The summed E-state index contributed by atoms with van der Waals surface area (Å²) in [6.45, 7) is 0.239. The van der Waals surface area contributed by atoms with E-state index in [1.54, 1.807) is 12.1 Å². The quantitative estimate of drug-likeness (QED) is 0.840. The monoisotopic (exact) mass is 388 g/mol. The fraction of sp³-hybridized carbons (Fsp3) is 0.381. The van der Waals surface area contributed by atoms with Gasteiger partial charge in [0.2, 0.25) is 0 Å². The maximum Gasteiger partial charge on any atom is 0.165 e. The van der Waals surface area contributed by atoms with Crippen LogP contribution in [0.25, 0.3) is 0 Å². The zero-order valence-electron chi connectivity index (χ0n) is 14.6. The summed E-state index contributed by atoms with van der Waals surface area (Å²) < 4.78 is 35.0. The lowest BCUT2D eigenvalue weighted by atomic mass is 9.63. The molecule has 2 heterocycles. The van der Waals surface area contributed by atoms with Crippen LogP contribution in [0, 0.1) is 23.0 Å². The molecule has 0 saturated carbocycles. The fourth-order valence-corrected chi connectivity index (χ4v) is 4.61. The number of nitrogens with one attached hydrogen (secondary N) is 1. The Kier molecular flexibility index (Phi) is 4.79. The predicted octanol–water partition coefficient (Wildman–Crippen LogP) is 4.53. The lowest BCUT2D eigenvalue weighted by Crippen LogP contribution is -2.62. The molecule has 2 aromatic rings. The molecule has 3 nitrogen and oxygen atoms in total. The van der Waals surface area contributed by atoms with E-state index >= 15 is 0 Å². The lowest BCUT2D eigenvalue weighted by molar-refractivity contribution is 0.0939. The van der Waals surface area contributed by atoms with Gasteiger partial charge in [-0.3, -0.25) is 0 Å². The molecule has 2 aromatic carbocycles. The largest absolute Gasteiger partial charge is 0.488 e. The van der Waals surface area contributed by atoms with E-state index in [1.165, 1.54) is 6.07 Å². The molecule has 27 heavy (non-hydrogen) atoms. The Morgan fingerprint density at radius 1 is 1.19 bits per heavy atom. The Balaban J connectivity index is 1.81. The van der Waals surface area contributed by atoms with Gasteiger partial charge in [0, 0.05) is 22.0 Å². The zero-order valence-corrected chi connectivity index (χ0v) is 15.4. The van der Waals surface area contributed by atoms with Gasteiger partial charge in [0.25, 0.3) is 0 Å². The molecular weight excluding hydrogens is 370 g/mol. The molecule has 2 aliphatic heterocycles. The maximum atomic E-state index is 14.9. The molecule has 0 bridgehead atoms. The van der Waals surface area contributed by atoms with Crippen LogP contribution in [-0.4, -0.2) is 18.7 Å². The molecule has 0 aliphatic carbocycles. The summed E-state index contributed by atoms with van der Waals surface area (Å²) in [5.41, 5.74) is 0.664. The molecule has 3 atom stereocenters. The fourth-order valence-electron chi connectivity index (χ4n) is 4.48. The third kappa shape index (κ3) is 3.18. The van der Waals surface area contributed by atoms with Crippen molar-refractivity contribution in [3.05, 3.63) is 64.2 Å². The Morgan fingerprint density at radius 2 is 1.93 bits per heavy atom. The van der Waals surface area contributed by atoms with Crippen molar-refractivity contribution < 1.29 is 13.5 Å². The molecule has 0 radical (unpaired) electrons. The van der Waals surface area contributed by atoms with Crippen molar-refractivity contribution in [2.24, 2.45) is 0 Å². The zero-order chi connectivity index (χ0) is 19.0. The smallest absolute Gasteiger partial charge is 0.165 e.